The van der Waals surface area contributed by atoms with Gasteiger partial charge in [0.15, 0.2) is 0 Å². The zero-order chi connectivity index (χ0) is 15.1. The van der Waals surface area contributed by atoms with E-state index in [4.69, 9.17) is 16.3 Å². The second kappa shape index (κ2) is 8.62. The van der Waals surface area contributed by atoms with Crippen LogP contribution in [0.5, 0.6) is 0 Å². The first-order valence-electron chi connectivity index (χ1n) is 7.93. The van der Waals surface area contributed by atoms with Gasteiger partial charge in [0.25, 0.3) is 0 Å². The first-order chi connectivity index (χ1) is 10.2. The predicted octanol–water partition coefficient (Wildman–Crippen LogP) is 3.84. The maximum atomic E-state index is 6.22. The molecule has 118 valence electrons. The molecule has 0 spiro atoms. The van der Waals surface area contributed by atoms with Crippen LogP contribution < -0.4 is 10.2 Å². The quantitative estimate of drug-likeness (QED) is 0.774. The highest BCUT2D eigenvalue weighted by Crippen LogP contribution is 2.30. The smallest absolute Gasteiger partial charge is 0.0587 e. The van der Waals surface area contributed by atoms with Crippen molar-refractivity contribution in [2.24, 2.45) is 0 Å². The molecular formula is C17H27ClN2O. The van der Waals surface area contributed by atoms with Crippen molar-refractivity contribution in [1.82, 2.24) is 5.32 Å². The Morgan fingerprint density at radius 3 is 2.76 bits per heavy atom. The molecule has 1 aliphatic rings. The van der Waals surface area contributed by atoms with E-state index in [0.717, 1.165) is 24.7 Å². The molecule has 1 N–H and O–H groups in total. The van der Waals surface area contributed by atoms with Crippen molar-refractivity contribution in [3.05, 3.63) is 28.8 Å². The number of nitrogens with one attached hydrogen (secondary N) is 1. The molecule has 1 fully saturated rings. The summed E-state index contributed by atoms with van der Waals surface area (Å²) in [5.74, 6) is 0. The molecule has 3 nitrogen and oxygen atoms in total. The summed E-state index contributed by atoms with van der Waals surface area (Å²) < 4.78 is 5.08. The number of methoxy groups -OCH3 is 1. The van der Waals surface area contributed by atoms with Crippen LogP contribution in [0.2, 0.25) is 5.02 Å². The molecule has 2 rings (SSSR count). The lowest BCUT2D eigenvalue weighted by Gasteiger charge is -2.34. The molecule has 0 radical (unpaired) electrons. The fourth-order valence-electron chi connectivity index (χ4n) is 3.08. The third-order valence-electron chi connectivity index (χ3n) is 4.35. The predicted molar refractivity (Wildman–Crippen MR) is 90.3 cm³/mol. The standard InChI is InChI=1S/C17H27ClN2O/c1-20(16-6-4-3-5-7-16)17-12-15(18)9-8-14(17)13-19-10-11-21-2/h8-9,12,16,19H,3-7,10-11,13H2,1-2H3. The van der Waals surface area contributed by atoms with Crippen LogP contribution in [-0.4, -0.2) is 33.4 Å². The Balaban J connectivity index is 2.06. The number of rotatable bonds is 7. The third kappa shape index (κ3) is 4.87. The maximum absolute atomic E-state index is 6.22. The number of nitrogens with zero attached hydrogens (tertiary/aromatic N) is 1. The van der Waals surface area contributed by atoms with E-state index in [1.807, 2.05) is 6.07 Å². The Morgan fingerprint density at radius 1 is 1.29 bits per heavy atom. The molecule has 1 aliphatic carbocycles. The summed E-state index contributed by atoms with van der Waals surface area (Å²) >= 11 is 6.22. The van der Waals surface area contributed by atoms with Gasteiger partial charge in [0, 0.05) is 44.0 Å². The SMILES string of the molecule is COCCNCc1ccc(Cl)cc1N(C)C1CCCCC1. The number of ether oxygens (including phenoxy) is 1. The van der Waals surface area contributed by atoms with Crippen molar-refractivity contribution in [3.8, 4) is 0 Å². The molecule has 0 bridgehead atoms. The maximum Gasteiger partial charge on any atom is 0.0587 e. The summed E-state index contributed by atoms with van der Waals surface area (Å²) in [6, 6.07) is 6.86. The molecule has 0 unspecified atom stereocenters. The number of benzene rings is 1. The average molecular weight is 311 g/mol. The van der Waals surface area contributed by atoms with Crippen LogP contribution in [0.25, 0.3) is 0 Å². The highest BCUT2D eigenvalue weighted by Gasteiger charge is 2.20. The minimum Gasteiger partial charge on any atom is -0.383 e. The van der Waals surface area contributed by atoms with Crippen LogP contribution >= 0.6 is 11.6 Å². The molecule has 21 heavy (non-hydrogen) atoms. The average Bonchev–Trinajstić information content (AvgIpc) is 2.53. The van der Waals surface area contributed by atoms with Crippen molar-refractivity contribution >= 4 is 17.3 Å². The van der Waals surface area contributed by atoms with Gasteiger partial charge < -0.3 is 15.0 Å². The summed E-state index contributed by atoms with van der Waals surface area (Å²) in [6.07, 6.45) is 6.65. The van der Waals surface area contributed by atoms with E-state index in [1.54, 1.807) is 7.11 Å². The molecule has 1 aromatic rings. The van der Waals surface area contributed by atoms with Gasteiger partial charge in [-0.15, -0.1) is 0 Å². The van der Waals surface area contributed by atoms with Gasteiger partial charge in [-0.2, -0.15) is 0 Å². The van der Waals surface area contributed by atoms with Crippen molar-refractivity contribution in [1.29, 1.82) is 0 Å². The fraction of sp³-hybridized carbons (Fsp3) is 0.647. The van der Waals surface area contributed by atoms with E-state index < -0.39 is 0 Å². The zero-order valence-electron chi connectivity index (χ0n) is 13.2. The van der Waals surface area contributed by atoms with Gasteiger partial charge in [0.2, 0.25) is 0 Å². The van der Waals surface area contributed by atoms with E-state index in [9.17, 15) is 0 Å². The molecule has 0 aliphatic heterocycles. The van der Waals surface area contributed by atoms with Gasteiger partial charge in [-0.1, -0.05) is 36.9 Å². The van der Waals surface area contributed by atoms with Crippen molar-refractivity contribution in [2.45, 2.75) is 44.7 Å². The van der Waals surface area contributed by atoms with Gasteiger partial charge in [-0.25, -0.2) is 0 Å². The second-order valence-electron chi connectivity index (χ2n) is 5.85. The summed E-state index contributed by atoms with van der Waals surface area (Å²) in [5.41, 5.74) is 2.57. The first-order valence-corrected chi connectivity index (χ1v) is 8.31. The van der Waals surface area contributed by atoms with Crippen LogP contribution in [-0.2, 0) is 11.3 Å². The van der Waals surface area contributed by atoms with Crippen LogP contribution in [0.15, 0.2) is 18.2 Å². The Labute approximate surface area is 133 Å². The highest BCUT2D eigenvalue weighted by molar-refractivity contribution is 6.30. The normalized spacial score (nSPS) is 16.1. The van der Waals surface area contributed by atoms with Gasteiger partial charge >= 0.3 is 0 Å². The van der Waals surface area contributed by atoms with Crippen molar-refractivity contribution in [3.63, 3.8) is 0 Å². The van der Waals surface area contributed by atoms with Gasteiger partial charge in [0.05, 0.1) is 6.61 Å². The second-order valence-corrected chi connectivity index (χ2v) is 6.28. The number of halogens is 1. The Kier molecular flexibility index (Phi) is 6.81. The molecule has 1 aromatic carbocycles. The Hall–Kier alpha value is -0.770. The number of hydrogen-bond acceptors (Lipinski definition) is 3. The van der Waals surface area contributed by atoms with E-state index >= 15 is 0 Å². The highest BCUT2D eigenvalue weighted by atomic mass is 35.5. The van der Waals surface area contributed by atoms with Crippen molar-refractivity contribution < 1.29 is 4.74 Å². The van der Waals surface area contributed by atoms with Crippen molar-refractivity contribution in [2.75, 3.05) is 32.2 Å². The Bertz CT molecular complexity index is 433. The van der Waals surface area contributed by atoms with E-state index in [2.05, 4.69) is 29.4 Å². The molecule has 0 heterocycles. The molecule has 4 heteroatoms. The lowest BCUT2D eigenvalue weighted by Crippen LogP contribution is -2.34. The molecule has 0 amide bonds. The minimum absolute atomic E-state index is 0.648. The molecular weight excluding hydrogens is 284 g/mol. The summed E-state index contributed by atoms with van der Waals surface area (Å²) in [4.78, 5) is 2.43. The zero-order valence-corrected chi connectivity index (χ0v) is 14.0. The van der Waals surface area contributed by atoms with E-state index in [-0.39, 0.29) is 0 Å². The summed E-state index contributed by atoms with van der Waals surface area (Å²) in [7, 11) is 3.94. The topological polar surface area (TPSA) is 24.5 Å². The van der Waals surface area contributed by atoms with Gasteiger partial charge in [0.1, 0.15) is 0 Å². The van der Waals surface area contributed by atoms with Crippen LogP contribution in [0, 0.1) is 0 Å². The number of anilines is 1. The fourth-order valence-corrected chi connectivity index (χ4v) is 3.24. The monoisotopic (exact) mass is 310 g/mol. The van der Waals surface area contributed by atoms with Crippen LogP contribution in [0.4, 0.5) is 5.69 Å². The molecule has 1 saturated carbocycles. The lowest BCUT2D eigenvalue weighted by atomic mass is 9.94. The first kappa shape index (κ1) is 16.6. The van der Waals surface area contributed by atoms with Crippen LogP contribution in [0.3, 0.4) is 0 Å². The Morgan fingerprint density at radius 2 is 2.05 bits per heavy atom. The van der Waals surface area contributed by atoms with E-state index in [0.29, 0.717) is 6.04 Å². The van der Waals surface area contributed by atoms with Gasteiger partial charge in [-0.3, -0.25) is 0 Å². The number of hydrogen-bond donors (Lipinski definition) is 1. The molecule has 0 aromatic heterocycles. The third-order valence-corrected chi connectivity index (χ3v) is 4.58. The minimum atomic E-state index is 0.648. The van der Waals surface area contributed by atoms with Crippen LogP contribution in [0.1, 0.15) is 37.7 Å². The summed E-state index contributed by atoms with van der Waals surface area (Å²) in [6.45, 7) is 2.46. The van der Waals surface area contributed by atoms with E-state index in [1.165, 1.54) is 43.4 Å². The lowest BCUT2D eigenvalue weighted by molar-refractivity contribution is 0.199. The molecule has 0 saturated heterocycles. The summed E-state index contributed by atoms with van der Waals surface area (Å²) in [5, 5.41) is 4.24. The molecule has 0 atom stereocenters. The largest absolute Gasteiger partial charge is 0.383 e. The van der Waals surface area contributed by atoms with Gasteiger partial charge in [-0.05, 0) is 30.5 Å².